The minimum Gasteiger partial charge on any atom is -0.512 e. The third-order valence-electron chi connectivity index (χ3n) is 2.52. The minimum absolute atomic E-state index is 0.0384. The molecule has 6 heteroatoms. The Balaban J connectivity index is 2.34. The molecule has 0 atom stereocenters. The highest BCUT2D eigenvalue weighted by Gasteiger charge is 2.05. The number of hydrogen-bond donors (Lipinski definition) is 3. The van der Waals surface area contributed by atoms with Crippen molar-refractivity contribution in [1.82, 2.24) is 9.97 Å². The van der Waals surface area contributed by atoms with Crippen molar-refractivity contribution in [1.29, 1.82) is 0 Å². The number of aliphatic carboxylic acids is 1. The average molecular weight is 260 g/mol. The molecule has 6 nitrogen and oxygen atoms in total. The summed E-state index contributed by atoms with van der Waals surface area (Å²) in [6, 6.07) is 7.02. The Labute approximate surface area is 108 Å². The van der Waals surface area contributed by atoms with Crippen molar-refractivity contribution in [2.45, 2.75) is 12.8 Å². The molecule has 0 saturated carbocycles. The van der Waals surface area contributed by atoms with Crippen LogP contribution in [0.2, 0.25) is 0 Å². The van der Waals surface area contributed by atoms with E-state index in [1.807, 2.05) is 0 Å². The summed E-state index contributed by atoms with van der Waals surface area (Å²) in [4.78, 5) is 28.8. The van der Waals surface area contributed by atoms with Gasteiger partial charge < -0.3 is 15.2 Å². The van der Waals surface area contributed by atoms with E-state index in [1.165, 1.54) is 6.08 Å². The van der Waals surface area contributed by atoms with Crippen molar-refractivity contribution in [2.24, 2.45) is 0 Å². The summed E-state index contributed by atoms with van der Waals surface area (Å²) in [6.07, 6.45) is 0.950. The van der Waals surface area contributed by atoms with E-state index in [1.54, 1.807) is 24.3 Å². The van der Waals surface area contributed by atoms with Gasteiger partial charge in [0, 0.05) is 12.5 Å². The first-order chi connectivity index (χ1) is 9.06. The molecule has 0 spiro atoms. The van der Waals surface area contributed by atoms with Crippen LogP contribution in [0.1, 0.15) is 18.5 Å². The summed E-state index contributed by atoms with van der Waals surface area (Å²) < 4.78 is 0. The second kappa shape index (κ2) is 5.34. The summed E-state index contributed by atoms with van der Waals surface area (Å²) in [5, 5.41) is 18.1. The summed E-state index contributed by atoms with van der Waals surface area (Å²) in [7, 11) is 0. The SMILES string of the molecule is O=C(O)CC/C(O)=C/c1nc2ccccc2[nH]c1=O. The van der Waals surface area contributed by atoms with Gasteiger partial charge in [-0.15, -0.1) is 0 Å². The van der Waals surface area contributed by atoms with E-state index in [0.717, 1.165) is 0 Å². The van der Waals surface area contributed by atoms with Gasteiger partial charge in [-0.25, -0.2) is 4.98 Å². The van der Waals surface area contributed by atoms with Gasteiger partial charge in [-0.05, 0) is 12.1 Å². The average Bonchev–Trinajstić information content (AvgIpc) is 2.37. The molecule has 0 bridgehead atoms. The lowest BCUT2D eigenvalue weighted by molar-refractivity contribution is -0.137. The second-order valence-corrected chi connectivity index (χ2v) is 4.00. The van der Waals surface area contributed by atoms with E-state index in [2.05, 4.69) is 9.97 Å². The zero-order chi connectivity index (χ0) is 13.8. The van der Waals surface area contributed by atoms with Crippen LogP contribution in [0.3, 0.4) is 0 Å². The summed E-state index contributed by atoms with van der Waals surface area (Å²) >= 11 is 0. The number of H-pyrrole nitrogens is 1. The van der Waals surface area contributed by atoms with Gasteiger partial charge in [-0.1, -0.05) is 12.1 Å². The van der Waals surface area contributed by atoms with Crippen LogP contribution < -0.4 is 5.56 Å². The third kappa shape index (κ3) is 3.19. The first kappa shape index (κ1) is 12.8. The van der Waals surface area contributed by atoms with E-state index in [-0.39, 0.29) is 24.3 Å². The molecule has 19 heavy (non-hydrogen) atoms. The Morgan fingerprint density at radius 1 is 1.26 bits per heavy atom. The fraction of sp³-hybridized carbons (Fsp3) is 0.154. The van der Waals surface area contributed by atoms with E-state index < -0.39 is 11.5 Å². The van der Waals surface area contributed by atoms with E-state index in [4.69, 9.17) is 5.11 Å². The van der Waals surface area contributed by atoms with Crippen LogP contribution >= 0.6 is 0 Å². The minimum atomic E-state index is -1.01. The Bertz CT molecular complexity index is 703. The zero-order valence-electron chi connectivity index (χ0n) is 9.96. The van der Waals surface area contributed by atoms with Crippen LogP contribution in [0.25, 0.3) is 17.1 Å². The number of benzene rings is 1. The van der Waals surface area contributed by atoms with Crippen molar-refractivity contribution in [3.63, 3.8) is 0 Å². The summed E-state index contributed by atoms with van der Waals surface area (Å²) in [6.45, 7) is 0. The monoisotopic (exact) mass is 260 g/mol. The molecule has 0 amide bonds. The lowest BCUT2D eigenvalue weighted by atomic mass is 10.2. The number of aliphatic hydroxyl groups is 1. The maximum absolute atomic E-state index is 11.7. The molecule has 2 rings (SSSR count). The number of carbonyl (C=O) groups is 1. The Hall–Kier alpha value is -2.63. The van der Waals surface area contributed by atoms with E-state index in [9.17, 15) is 14.7 Å². The molecule has 1 aromatic carbocycles. The number of nitrogens with zero attached hydrogens (tertiary/aromatic N) is 1. The zero-order valence-corrected chi connectivity index (χ0v) is 9.96. The van der Waals surface area contributed by atoms with Crippen LogP contribution in [0.4, 0.5) is 0 Å². The van der Waals surface area contributed by atoms with Crippen LogP contribution in [0.15, 0.2) is 34.8 Å². The van der Waals surface area contributed by atoms with Gasteiger partial charge in [-0.2, -0.15) is 0 Å². The van der Waals surface area contributed by atoms with Crippen LogP contribution in [-0.2, 0) is 4.79 Å². The van der Waals surface area contributed by atoms with Crippen molar-refractivity contribution in [3.05, 3.63) is 46.1 Å². The number of aromatic nitrogens is 2. The normalized spacial score (nSPS) is 11.7. The molecule has 3 N–H and O–H groups in total. The Morgan fingerprint density at radius 2 is 2.00 bits per heavy atom. The topological polar surface area (TPSA) is 103 Å². The molecule has 0 radical (unpaired) electrons. The molecule has 0 aliphatic carbocycles. The van der Waals surface area contributed by atoms with Gasteiger partial charge in [0.25, 0.3) is 5.56 Å². The van der Waals surface area contributed by atoms with Gasteiger partial charge in [0.1, 0.15) is 5.69 Å². The standard InChI is InChI=1S/C13H12N2O4/c16-8(5-6-12(17)18)7-11-13(19)15-10-4-2-1-3-9(10)14-11/h1-4,7,16H,5-6H2,(H,15,19)(H,17,18)/b8-7-. The predicted molar refractivity (Wildman–Crippen MR) is 69.8 cm³/mol. The van der Waals surface area contributed by atoms with Gasteiger partial charge in [0.2, 0.25) is 0 Å². The van der Waals surface area contributed by atoms with Gasteiger partial charge in [0.15, 0.2) is 0 Å². The molecule has 0 fully saturated rings. The Morgan fingerprint density at radius 3 is 2.74 bits per heavy atom. The highest BCUT2D eigenvalue weighted by Crippen LogP contribution is 2.09. The lowest BCUT2D eigenvalue weighted by Crippen LogP contribution is -2.12. The fourth-order valence-electron chi connectivity index (χ4n) is 1.61. The molecular formula is C13H12N2O4. The molecule has 0 unspecified atom stereocenters. The van der Waals surface area contributed by atoms with E-state index >= 15 is 0 Å². The van der Waals surface area contributed by atoms with Crippen molar-refractivity contribution in [2.75, 3.05) is 0 Å². The third-order valence-corrected chi connectivity index (χ3v) is 2.52. The van der Waals surface area contributed by atoms with Crippen LogP contribution in [0, 0.1) is 0 Å². The highest BCUT2D eigenvalue weighted by molar-refractivity contribution is 5.74. The maximum Gasteiger partial charge on any atom is 0.303 e. The van der Waals surface area contributed by atoms with Crippen LogP contribution in [0.5, 0.6) is 0 Å². The summed E-state index contributed by atoms with van der Waals surface area (Å²) in [5.41, 5.74) is 0.830. The molecule has 1 aromatic heterocycles. The highest BCUT2D eigenvalue weighted by atomic mass is 16.4. The van der Waals surface area contributed by atoms with Gasteiger partial charge >= 0.3 is 5.97 Å². The molecule has 1 heterocycles. The maximum atomic E-state index is 11.7. The van der Waals surface area contributed by atoms with Crippen molar-refractivity contribution >= 4 is 23.1 Å². The van der Waals surface area contributed by atoms with Crippen molar-refractivity contribution < 1.29 is 15.0 Å². The first-order valence-corrected chi connectivity index (χ1v) is 5.66. The number of carboxylic acids is 1. The number of aromatic amines is 1. The smallest absolute Gasteiger partial charge is 0.303 e. The number of fused-ring (bicyclic) bond motifs is 1. The number of nitrogens with one attached hydrogen (secondary N) is 1. The molecular weight excluding hydrogens is 248 g/mol. The molecule has 0 aliphatic rings. The number of rotatable bonds is 4. The molecule has 2 aromatic rings. The fourth-order valence-corrected chi connectivity index (χ4v) is 1.61. The molecule has 0 saturated heterocycles. The number of hydrogen-bond acceptors (Lipinski definition) is 4. The number of aliphatic hydroxyl groups excluding tert-OH is 1. The van der Waals surface area contributed by atoms with Gasteiger partial charge in [0.05, 0.1) is 23.2 Å². The lowest BCUT2D eigenvalue weighted by Gasteiger charge is -2.00. The largest absolute Gasteiger partial charge is 0.512 e. The quantitative estimate of drug-likeness (QED) is 0.726. The number of para-hydroxylation sites is 2. The summed E-state index contributed by atoms with van der Waals surface area (Å²) in [5.74, 6) is -1.20. The predicted octanol–water partition coefficient (Wildman–Crippen LogP) is 1.69. The first-order valence-electron chi connectivity index (χ1n) is 5.66. The van der Waals surface area contributed by atoms with Crippen molar-refractivity contribution in [3.8, 4) is 0 Å². The Kier molecular flexibility index (Phi) is 3.61. The number of allylic oxidation sites excluding steroid dienone is 1. The molecule has 0 aliphatic heterocycles. The molecule has 98 valence electrons. The number of carboxylic acid groups (broad SMARTS) is 1. The van der Waals surface area contributed by atoms with Crippen LogP contribution in [-0.4, -0.2) is 26.2 Å². The van der Waals surface area contributed by atoms with Gasteiger partial charge in [-0.3, -0.25) is 9.59 Å². The second-order valence-electron chi connectivity index (χ2n) is 4.00. The van der Waals surface area contributed by atoms with E-state index in [0.29, 0.717) is 11.0 Å².